The molecule has 40 heavy (non-hydrogen) atoms. The molecule has 0 aliphatic carbocycles. The number of pyridine rings is 1. The number of aromatic nitrogens is 4. The Bertz CT molecular complexity index is 2000. The van der Waals surface area contributed by atoms with Crippen molar-refractivity contribution in [2.45, 2.75) is 13.8 Å². The highest BCUT2D eigenvalue weighted by molar-refractivity contribution is 6.06. The predicted octanol–water partition coefficient (Wildman–Crippen LogP) is 6.28. The highest BCUT2D eigenvalue weighted by atomic mass is 19.1. The molecular formula is C31H24FN5O3. The summed E-state index contributed by atoms with van der Waals surface area (Å²) in [6.07, 6.45) is 1.70. The Labute approximate surface area is 228 Å². The zero-order valence-electron chi connectivity index (χ0n) is 21.9. The fourth-order valence-electron chi connectivity index (χ4n) is 4.71. The molecule has 3 aromatic carbocycles. The predicted molar refractivity (Wildman–Crippen MR) is 152 cm³/mol. The number of anilines is 1. The molecule has 198 valence electrons. The van der Waals surface area contributed by atoms with E-state index in [1.165, 1.54) is 12.1 Å². The van der Waals surface area contributed by atoms with Gasteiger partial charge in [-0.25, -0.2) is 9.37 Å². The number of benzene rings is 3. The molecule has 0 saturated carbocycles. The number of halogens is 1. The molecule has 2 N–H and O–H groups in total. The van der Waals surface area contributed by atoms with Crippen LogP contribution in [0.2, 0.25) is 0 Å². The summed E-state index contributed by atoms with van der Waals surface area (Å²) in [5, 5.41) is 3.70. The smallest absolute Gasteiger partial charge is 0.261 e. The van der Waals surface area contributed by atoms with E-state index in [0.717, 1.165) is 22.7 Å². The van der Waals surface area contributed by atoms with Crippen LogP contribution in [0.25, 0.3) is 33.3 Å². The highest BCUT2D eigenvalue weighted by Gasteiger charge is 2.20. The highest BCUT2D eigenvalue weighted by Crippen LogP contribution is 2.32. The van der Waals surface area contributed by atoms with E-state index in [2.05, 4.69) is 20.3 Å². The van der Waals surface area contributed by atoms with Gasteiger partial charge in [-0.3, -0.25) is 9.59 Å². The third-order valence-electron chi connectivity index (χ3n) is 6.89. The van der Waals surface area contributed by atoms with Gasteiger partial charge in [0.15, 0.2) is 17.4 Å². The van der Waals surface area contributed by atoms with Crippen LogP contribution >= 0.6 is 0 Å². The lowest BCUT2D eigenvalue weighted by Crippen LogP contribution is -2.26. The molecule has 3 heterocycles. The van der Waals surface area contributed by atoms with Gasteiger partial charge in [0.25, 0.3) is 5.91 Å². The Morgan fingerprint density at radius 2 is 1.77 bits per heavy atom. The molecule has 8 nitrogen and oxygen atoms in total. The number of nitrogens with zero attached hydrogens (tertiary/aromatic N) is 3. The average Bonchev–Trinajstić information content (AvgIpc) is 3.43. The number of aromatic amines is 1. The number of ether oxygens (including phenoxy) is 1. The van der Waals surface area contributed by atoms with E-state index >= 15 is 4.39 Å². The van der Waals surface area contributed by atoms with Gasteiger partial charge in [0.1, 0.15) is 11.2 Å². The SMILES string of the molecule is Cc1ccc2c(c1)c(=O)c(C(=O)Nc1ccc(Oc3nc(-c4ccccc4)nc4[nH]ccc34)c(F)c1)c(C)n2C. The minimum Gasteiger partial charge on any atom is -0.435 e. The van der Waals surface area contributed by atoms with Crippen LogP contribution in [-0.4, -0.2) is 25.4 Å². The van der Waals surface area contributed by atoms with Crippen molar-refractivity contribution in [1.82, 2.24) is 19.5 Å². The molecule has 6 rings (SSSR count). The zero-order valence-corrected chi connectivity index (χ0v) is 21.9. The van der Waals surface area contributed by atoms with E-state index in [9.17, 15) is 9.59 Å². The molecule has 0 spiro atoms. The van der Waals surface area contributed by atoms with Gasteiger partial charge < -0.3 is 19.6 Å². The minimum absolute atomic E-state index is 0.00520. The summed E-state index contributed by atoms with van der Waals surface area (Å²) < 4.78 is 22.9. The van der Waals surface area contributed by atoms with Crippen molar-refractivity contribution < 1.29 is 13.9 Å². The standard InChI is InChI=1S/C31H24FN5O3/c1-17-9-11-24-22(15-17)27(38)26(18(2)37(24)3)30(39)34-20-10-12-25(23(32)16-20)40-31-21-13-14-33-29(21)35-28(36-31)19-7-5-4-6-8-19/h4-16H,1-3H3,(H,34,39)(H,33,35,36). The van der Waals surface area contributed by atoms with Crippen molar-refractivity contribution in [3.05, 3.63) is 112 Å². The van der Waals surface area contributed by atoms with Crippen LogP contribution in [0.15, 0.2) is 83.8 Å². The van der Waals surface area contributed by atoms with Crippen molar-refractivity contribution in [3.63, 3.8) is 0 Å². The van der Waals surface area contributed by atoms with Crippen LogP contribution in [-0.2, 0) is 7.05 Å². The zero-order chi connectivity index (χ0) is 28.0. The maximum Gasteiger partial charge on any atom is 0.261 e. The monoisotopic (exact) mass is 533 g/mol. The molecule has 0 radical (unpaired) electrons. The number of fused-ring (bicyclic) bond motifs is 2. The van der Waals surface area contributed by atoms with Crippen LogP contribution in [0.3, 0.4) is 0 Å². The molecule has 1 amide bonds. The summed E-state index contributed by atoms with van der Waals surface area (Å²) in [4.78, 5) is 38.6. The molecule has 0 atom stereocenters. The van der Waals surface area contributed by atoms with Gasteiger partial charge in [-0.2, -0.15) is 4.98 Å². The van der Waals surface area contributed by atoms with Crippen LogP contribution in [0.4, 0.5) is 10.1 Å². The number of hydrogen-bond donors (Lipinski definition) is 2. The lowest BCUT2D eigenvalue weighted by Gasteiger charge is -2.15. The van der Waals surface area contributed by atoms with Gasteiger partial charge in [0.05, 0.1) is 10.9 Å². The summed E-state index contributed by atoms with van der Waals surface area (Å²) >= 11 is 0. The van der Waals surface area contributed by atoms with Crippen molar-refractivity contribution in [3.8, 4) is 23.0 Å². The average molecular weight is 534 g/mol. The fourth-order valence-corrected chi connectivity index (χ4v) is 4.71. The van der Waals surface area contributed by atoms with Gasteiger partial charge in [-0.15, -0.1) is 0 Å². The summed E-state index contributed by atoms with van der Waals surface area (Å²) in [5.74, 6) is -0.790. The number of rotatable bonds is 5. The Morgan fingerprint density at radius 3 is 2.55 bits per heavy atom. The lowest BCUT2D eigenvalue weighted by molar-refractivity contribution is 0.102. The fraction of sp³-hybridized carbons (Fsp3) is 0.0968. The third-order valence-corrected chi connectivity index (χ3v) is 6.89. The lowest BCUT2D eigenvalue weighted by atomic mass is 10.1. The summed E-state index contributed by atoms with van der Waals surface area (Å²) in [7, 11) is 1.80. The van der Waals surface area contributed by atoms with E-state index in [1.807, 2.05) is 49.4 Å². The minimum atomic E-state index is -0.708. The first-order chi connectivity index (χ1) is 19.3. The number of nitrogens with one attached hydrogen (secondary N) is 2. The maximum absolute atomic E-state index is 15.2. The second-order valence-electron chi connectivity index (χ2n) is 9.53. The van der Waals surface area contributed by atoms with Gasteiger partial charge in [-0.1, -0.05) is 42.0 Å². The summed E-state index contributed by atoms with van der Waals surface area (Å²) in [6.45, 7) is 3.59. The number of carbonyl (C=O) groups excluding carboxylic acids is 1. The van der Waals surface area contributed by atoms with Crippen molar-refractivity contribution >= 4 is 33.5 Å². The van der Waals surface area contributed by atoms with Gasteiger partial charge in [-0.05, 0) is 44.2 Å². The second kappa shape index (κ2) is 9.77. The first-order valence-corrected chi connectivity index (χ1v) is 12.6. The van der Waals surface area contributed by atoms with Crippen molar-refractivity contribution in [2.75, 3.05) is 5.32 Å². The first kappa shape index (κ1) is 25.0. The van der Waals surface area contributed by atoms with Crippen LogP contribution in [0, 0.1) is 19.7 Å². The van der Waals surface area contributed by atoms with E-state index in [-0.39, 0.29) is 28.3 Å². The molecule has 0 aliphatic heterocycles. The van der Waals surface area contributed by atoms with Crippen LogP contribution in [0.1, 0.15) is 21.6 Å². The number of hydrogen-bond acceptors (Lipinski definition) is 5. The Hall–Kier alpha value is -5.31. The number of amides is 1. The normalized spacial score (nSPS) is 11.2. The number of H-pyrrole nitrogens is 1. The summed E-state index contributed by atoms with van der Waals surface area (Å²) in [5.41, 5.74) is 3.30. The molecule has 0 saturated heterocycles. The topological polar surface area (TPSA) is 102 Å². The quantitative estimate of drug-likeness (QED) is 0.272. The second-order valence-corrected chi connectivity index (χ2v) is 9.53. The van der Waals surface area contributed by atoms with Crippen molar-refractivity contribution in [1.29, 1.82) is 0 Å². The molecule has 3 aromatic heterocycles. The number of carbonyl (C=O) groups is 1. The molecule has 0 fully saturated rings. The Balaban J connectivity index is 1.30. The Morgan fingerprint density at radius 1 is 0.975 bits per heavy atom. The molecule has 0 unspecified atom stereocenters. The number of aryl methyl sites for hydroxylation is 2. The van der Waals surface area contributed by atoms with E-state index in [4.69, 9.17) is 4.74 Å². The van der Waals surface area contributed by atoms with Crippen LogP contribution < -0.4 is 15.5 Å². The maximum atomic E-state index is 15.2. The van der Waals surface area contributed by atoms with Crippen LogP contribution in [0.5, 0.6) is 11.6 Å². The molecular weight excluding hydrogens is 509 g/mol. The van der Waals surface area contributed by atoms with E-state index < -0.39 is 11.7 Å². The largest absolute Gasteiger partial charge is 0.435 e. The molecule has 0 bridgehead atoms. The Kier molecular flexibility index (Phi) is 6.11. The van der Waals surface area contributed by atoms with E-state index in [0.29, 0.717) is 27.9 Å². The molecule has 9 heteroatoms. The molecule has 6 aromatic rings. The van der Waals surface area contributed by atoms with Gasteiger partial charge >= 0.3 is 0 Å². The van der Waals surface area contributed by atoms with Gasteiger partial charge in [0.2, 0.25) is 11.3 Å². The van der Waals surface area contributed by atoms with Crippen molar-refractivity contribution in [2.24, 2.45) is 7.05 Å². The van der Waals surface area contributed by atoms with E-state index in [1.54, 1.807) is 36.9 Å². The van der Waals surface area contributed by atoms with Gasteiger partial charge in [0, 0.05) is 41.6 Å². The molecule has 0 aliphatic rings. The third kappa shape index (κ3) is 4.37. The first-order valence-electron chi connectivity index (χ1n) is 12.6. The summed E-state index contributed by atoms with van der Waals surface area (Å²) in [6, 6.07) is 20.7.